The molecule has 1 unspecified atom stereocenters. The molecule has 0 aromatic heterocycles. The third-order valence-corrected chi connectivity index (χ3v) is 5.06. The van der Waals surface area contributed by atoms with Crippen LogP contribution in [0.25, 0.3) is 0 Å². The summed E-state index contributed by atoms with van der Waals surface area (Å²) in [6, 6.07) is 1.45. The Hall–Kier alpha value is -0.120. The molecule has 0 aromatic rings. The minimum Gasteiger partial charge on any atom is -0.374 e. The van der Waals surface area contributed by atoms with Crippen molar-refractivity contribution in [3.05, 3.63) is 0 Å². The van der Waals surface area contributed by atoms with Gasteiger partial charge in [0.1, 0.15) is 0 Å². The second-order valence-corrected chi connectivity index (χ2v) is 6.54. The molecule has 0 bridgehead atoms. The van der Waals surface area contributed by atoms with Crippen molar-refractivity contribution in [3.8, 4) is 0 Å². The Morgan fingerprint density at radius 3 is 2.42 bits per heavy atom. The molecule has 0 saturated carbocycles. The Labute approximate surface area is 119 Å². The van der Waals surface area contributed by atoms with Gasteiger partial charge in [0.25, 0.3) is 0 Å². The Balaban J connectivity index is 1.89. The summed E-state index contributed by atoms with van der Waals surface area (Å²) < 4.78 is 6.17. The summed E-state index contributed by atoms with van der Waals surface area (Å²) in [7, 11) is 2.24. The van der Waals surface area contributed by atoms with Crippen molar-refractivity contribution in [2.45, 2.75) is 77.2 Å². The van der Waals surface area contributed by atoms with Crippen LogP contribution in [0, 0.1) is 0 Å². The first-order valence-corrected chi connectivity index (χ1v) is 8.21. The molecule has 0 aliphatic carbocycles. The van der Waals surface area contributed by atoms with E-state index in [0.29, 0.717) is 18.2 Å². The van der Waals surface area contributed by atoms with Gasteiger partial charge >= 0.3 is 0 Å². The highest BCUT2D eigenvalue weighted by Crippen LogP contribution is 2.29. The van der Waals surface area contributed by atoms with E-state index in [1.165, 1.54) is 45.3 Å². The average molecular weight is 268 g/mol. The van der Waals surface area contributed by atoms with Gasteiger partial charge < -0.3 is 9.64 Å². The Bertz CT molecular complexity index is 263. The summed E-state index contributed by atoms with van der Waals surface area (Å²) in [4.78, 5) is 5.22. The first-order valence-electron chi connectivity index (χ1n) is 8.21. The summed E-state index contributed by atoms with van der Waals surface area (Å²) in [6.45, 7) is 10.5. The number of hydrogen-bond acceptors (Lipinski definition) is 3. The summed E-state index contributed by atoms with van der Waals surface area (Å²) in [5.41, 5.74) is 0. The molecule has 2 saturated heterocycles. The second kappa shape index (κ2) is 7.05. The first-order chi connectivity index (χ1) is 9.11. The molecular formula is C16H32N2O. The molecule has 0 aromatic carbocycles. The van der Waals surface area contributed by atoms with Crippen LogP contribution in [0.2, 0.25) is 0 Å². The van der Waals surface area contributed by atoms with Crippen molar-refractivity contribution >= 4 is 0 Å². The SMILES string of the molecule is CCC(C)O[C@@H](C)[C@@H]1CCCN1C1CCN(C)CC1. The van der Waals surface area contributed by atoms with E-state index in [0.717, 1.165) is 12.5 Å². The molecule has 2 rings (SSSR count). The van der Waals surface area contributed by atoms with Gasteiger partial charge in [0.05, 0.1) is 12.2 Å². The van der Waals surface area contributed by atoms with Crippen LogP contribution in [0.4, 0.5) is 0 Å². The minimum absolute atomic E-state index is 0.386. The van der Waals surface area contributed by atoms with Gasteiger partial charge in [-0.05, 0) is 72.6 Å². The lowest BCUT2D eigenvalue weighted by atomic mass is 10.0. The summed E-state index contributed by atoms with van der Waals surface area (Å²) in [5.74, 6) is 0. The standard InChI is InChI=1S/C16H32N2O/c1-5-13(2)19-14(3)16-7-6-10-18(16)15-8-11-17(4)12-9-15/h13-16H,5-12H2,1-4H3/t13?,14-,16-/m0/s1. The molecule has 2 aliphatic heterocycles. The number of likely N-dealkylation sites (tertiary alicyclic amines) is 2. The average Bonchev–Trinajstić information content (AvgIpc) is 2.88. The summed E-state index contributed by atoms with van der Waals surface area (Å²) in [5, 5.41) is 0. The maximum Gasteiger partial charge on any atom is 0.0705 e. The van der Waals surface area contributed by atoms with Gasteiger partial charge in [-0.3, -0.25) is 4.90 Å². The van der Waals surface area contributed by atoms with Crippen LogP contribution < -0.4 is 0 Å². The van der Waals surface area contributed by atoms with Crippen LogP contribution in [0.3, 0.4) is 0 Å². The molecule has 0 N–H and O–H groups in total. The van der Waals surface area contributed by atoms with Gasteiger partial charge in [0.2, 0.25) is 0 Å². The monoisotopic (exact) mass is 268 g/mol. The number of piperidine rings is 1. The maximum atomic E-state index is 6.17. The smallest absolute Gasteiger partial charge is 0.0705 e. The van der Waals surface area contributed by atoms with Gasteiger partial charge in [-0.1, -0.05) is 6.92 Å². The fourth-order valence-electron chi connectivity index (χ4n) is 3.65. The molecule has 3 atom stereocenters. The predicted molar refractivity (Wildman–Crippen MR) is 80.5 cm³/mol. The van der Waals surface area contributed by atoms with Crippen LogP contribution in [-0.4, -0.2) is 60.8 Å². The van der Waals surface area contributed by atoms with Crippen LogP contribution >= 0.6 is 0 Å². The molecule has 19 heavy (non-hydrogen) atoms. The zero-order valence-electron chi connectivity index (χ0n) is 13.3. The third-order valence-electron chi connectivity index (χ3n) is 5.06. The zero-order chi connectivity index (χ0) is 13.8. The first kappa shape index (κ1) is 15.3. The molecular weight excluding hydrogens is 236 g/mol. The summed E-state index contributed by atoms with van der Waals surface area (Å²) >= 11 is 0. The van der Waals surface area contributed by atoms with Crippen LogP contribution in [0.1, 0.15) is 52.9 Å². The van der Waals surface area contributed by atoms with Crippen molar-refractivity contribution in [2.24, 2.45) is 0 Å². The van der Waals surface area contributed by atoms with Crippen molar-refractivity contribution < 1.29 is 4.74 Å². The molecule has 3 heteroatoms. The number of hydrogen-bond donors (Lipinski definition) is 0. The van der Waals surface area contributed by atoms with Crippen molar-refractivity contribution in [1.82, 2.24) is 9.80 Å². The molecule has 112 valence electrons. The molecule has 3 nitrogen and oxygen atoms in total. The van der Waals surface area contributed by atoms with Gasteiger partial charge in [-0.15, -0.1) is 0 Å². The van der Waals surface area contributed by atoms with Gasteiger partial charge in [-0.25, -0.2) is 0 Å². The van der Waals surface area contributed by atoms with Crippen LogP contribution in [-0.2, 0) is 4.74 Å². The van der Waals surface area contributed by atoms with E-state index in [4.69, 9.17) is 4.74 Å². The fraction of sp³-hybridized carbons (Fsp3) is 1.00. The lowest BCUT2D eigenvalue weighted by Gasteiger charge is -2.40. The highest BCUT2D eigenvalue weighted by atomic mass is 16.5. The molecule has 2 aliphatic rings. The normalized spacial score (nSPS) is 30.6. The van der Waals surface area contributed by atoms with Gasteiger partial charge in [-0.2, -0.15) is 0 Å². The highest BCUT2D eigenvalue weighted by Gasteiger charge is 2.35. The molecule has 2 fully saturated rings. The maximum absolute atomic E-state index is 6.17. The second-order valence-electron chi connectivity index (χ2n) is 6.54. The van der Waals surface area contributed by atoms with E-state index in [1.54, 1.807) is 0 Å². The lowest BCUT2D eigenvalue weighted by molar-refractivity contribution is -0.0461. The van der Waals surface area contributed by atoms with Crippen LogP contribution in [0.5, 0.6) is 0 Å². The third kappa shape index (κ3) is 3.93. The topological polar surface area (TPSA) is 15.7 Å². The van der Waals surface area contributed by atoms with Crippen molar-refractivity contribution in [2.75, 3.05) is 26.7 Å². The van der Waals surface area contributed by atoms with Crippen LogP contribution in [0.15, 0.2) is 0 Å². The fourth-order valence-corrected chi connectivity index (χ4v) is 3.65. The largest absolute Gasteiger partial charge is 0.374 e. The van der Waals surface area contributed by atoms with E-state index in [1.807, 2.05) is 0 Å². The van der Waals surface area contributed by atoms with Gasteiger partial charge in [0.15, 0.2) is 0 Å². The number of rotatable bonds is 5. The van der Waals surface area contributed by atoms with E-state index in [2.05, 4.69) is 37.6 Å². The number of nitrogens with zero attached hydrogens (tertiary/aromatic N) is 2. The Morgan fingerprint density at radius 2 is 1.79 bits per heavy atom. The predicted octanol–water partition coefficient (Wildman–Crippen LogP) is 2.75. The van der Waals surface area contributed by atoms with Crippen molar-refractivity contribution in [3.63, 3.8) is 0 Å². The van der Waals surface area contributed by atoms with Crippen molar-refractivity contribution in [1.29, 1.82) is 0 Å². The summed E-state index contributed by atoms with van der Waals surface area (Å²) in [6.07, 6.45) is 7.25. The van der Waals surface area contributed by atoms with E-state index in [9.17, 15) is 0 Å². The molecule has 0 radical (unpaired) electrons. The lowest BCUT2D eigenvalue weighted by Crippen LogP contribution is -2.49. The quantitative estimate of drug-likeness (QED) is 0.762. The molecule has 0 spiro atoms. The Kier molecular flexibility index (Phi) is 5.67. The van der Waals surface area contributed by atoms with E-state index < -0.39 is 0 Å². The van der Waals surface area contributed by atoms with Gasteiger partial charge in [0, 0.05) is 12.1 Å². The number of ether oxygens (including phenoxy) is 1. The van der Waals surface area contributed by atoms with E-state index >= 15 is 0 Å². The Morgan fingerprint density at radius 1 is 1.11 bits per heavy atom. The molecule has 2 heterocycles. The minimum atomic E-state index is 0.386. The zero-order valence-corrected chi connectivity index (χ0v) is 13.3. The highest BCUT2D eigenvalue weighted by molar-refractivity contribution is 4.90. The molecule has 0 amide bonds. The van der Waals surface area contributed by atoms with E-state index in [-0.39, 0.29) is 0 Å².